The van der Waals surface area contributed by atoms with Crippen LogP contribution in [0, 0.1) is 5.41 Å². The van der Waals surface area contributed by atoms with Crippen molar-refractivity contribution in [3.8, 4) is 5.75 Å². The molecule has 4 rings (SSSR count). The van der Waals surface area contributed by atoms with E-state index in [4.69, 9.17) is 18.9 Å². The quantitative estimate of drug-likeness (QED) is 0.599. The first-order valence-corrected chi connectivity index (χ1v) is 11.8. The van der Waals surface area contributed by atoms with Crippen molar-refractivity contribution >= 4 is 23.3 Å². The highest BCUT2D eigenvalue weighted by atomic mass is 16.5. The Morgan fingerprint density at radius 2 is 1.59 bits per heavy atom. The molecule has 0 N–H and O–H groups in total. The highest BCUT2D eigenvalue weighted by Crippen LogP contribution is 2.43. The second-order valence-electron chi connectivity index (χ2n) is 9.36. The van der Waals surface area contributed by atoms with Crippen molar-refractivity contribution in [2.75, 3.05) is 77.7 Å². The minimum absolute atomic E-state index is 0.0284. The number of hydrogen-bond acceptors (Lipinski definition) is 9. The Morgan fingerprint density at radius 1 is 0.941 bits per heavy atom. The predicted octanol–water partition coefficient (Wildman–Crippen LogP) is 2.40. The first kappa shape index (κ1) is 24.3. The van der Waals surface area contributed by atoms with Gasteiger partial charge in [-0.1, -0.05) is 0 Å². The van der Waals surface area contributed by atoms with E-state index in [0.29, 0.717) is 16.9 Å². The molecule has 0 radical (unpaired) electrons. The summed E-state index contributed by atoms with van der Waals surface area (Å²) in [4.78, 5) is 31.4. The molecule has 9 heteroatoms. The molecule has 0 bridgehead atoms. The zero-order valence-corrected chi connectivity index (χ0v) is 20.6. The largest absolute Gasteiger partial charge is 0.494 e. The molecule has 2 saturated heterocycles. The highest BCUT2D eigenvalue weighted by Gasteiger charge is 2.37. The molecular formula is C25H35N3O6. The van der Waals surface area contributed by atoms with Gasteiger partial charge in [-0.15, -0.1) is 0 Å². The Balaban J connectivity index is 1.58. The van der Waals surface area contributed by atoms with Gasteiger partial charge in [0.2, 0.25) is 0 Å². The fourth-order valence-electron chi connectivity index (χ4n) is 5.25. The van der Waals surface area contributed by atoms with Gasteiger partial charge in [-0.3, -0.25) is 0 Å². The number of ether oxygens (including phenoxy) is 4. The fourth-order valence-corrected chi connectivity index (χ4v) is 5.25. The van der Waals surface area contributed by atoms with E-state index in [2.05, 4.69) is 16.8 Å². The number of rotatable bonds is 5. The van der Waals surface area contributed by atoms with Crippen LogP contribution in [-0.2, 0) is 23.8 Å². The van der Waals surface area contributed by atoms with Crippen molar-refractivity contribution in [2.45, 2.75) is 25.7 Å². The Bertz CT molecular complexity index is 944. The molecular weight excluding hydrogens is 438 g/mol. The van der Waals surface area contributed by atoms with Crippen LogP contribution >= 0.6 is 0 Å². The topological polar surface area (TPSA) is 80.8 Å². The molecule has 1 aromatic carbocycles. The van der Waals surface area contributed by atoms with Gasteiger partial charge in [0.25, 0.3) is 0 Å². The molecule has 0 saturated carbocycles. The molecule has 0 aromatic heterocycles. The Morgan fingerprint density at radius 3 is 2.21 bits per heavy atom. The summed E-state index contributed by atoms with van der Waals surface area (Å²) in [5, 5.41) is 0. The summed E-state index contributed by atoms with van der Waals surface area (Å²) in [5.74, 6) is -0.667. The first-order chi connectivity index (χ1) is 16.4. The maximum absolute atomic E-state index is 12.6. The van der Waals surface area contributed by atoms with Gasteiger partial charge in [0.1, 0.15) is 18.2 Å². The molecule has 0 aliphatic carbocycles. The van der Waals surface area contributed by atoms with Crippen molar-refractivity contribution in [3.63, 3.8) is 0 Å². The number of hydrogen-bond donors (Lipinski definition) is 0. The minimum Gasteiger partial charge on any atom is -0.494 e. The number of anilines is 2. The number of benzene rings is 1. The average molecular weight is 474 g/mol. The fraction of sp³-hybridized carbons (Fsp3) is 0.600. The van der Waals surface area contributed by atoms with Gasteiger partial charge < -0.3 is 33.6 Å². The maximum atomic E-state index is 12.6. The average Bonchev–Trinajstić information content (AvgIpc) is 2.89. The Labute approximate surface area is 201 Å². The number of carbonyl (C=O) groups is 2. The molecule has 0 amide bonds. The first-order valence-electron chi connectivity index (χ1n) is 11.8. The summed E-state index contributed by atoms with van der Waals surface area (Å²) in [6, 6.07) is 5.93. The summed E-state index contributed by atoms with van der Waals surface area (Å²) in [5.41, 5.74) is 2.40. The van der Waals surface area contributed by atoms with Crippen LogP contribution < -0.4 is 14.5 Å². The van der Waals surface area contributed by atoms with E-state index in [-0.39, 0.29) is 24.6 Å². The zero-order chi connectivity index (χ0) is 24.3. The van der Waals surface area contributed by atoms with Crippen LogP contribution in [0.25, 0.3) is 0 Å². The molecule has 1 spiro atoms. The lowest BCUT2D eigenvalue weighted by Crippen LogP contribution is -2.46. The molecule has 3 aliphatic heterocycles. The number of carbonyl (C=O) groups excluding carboxylic acids is 2. The van der Waals surface area contributed by atoms with Crippen LogP contribution in [0.4, 0.5) is 11.4 Å². The molecule has 186 valence electrons. The van der Waals surface area contributed by atoms with Gasteiger partial charge in [0.15, 0.2) is 0 Å². The van der Waals surface area contributed by atoms with Gasteiger partial charge in [0.05, 0.1) is 39.2 Å². The Kier molecular flexibility index (Phi) is 7.33. The molecule has 0 atom stereocenters. The monoisotopic (exact) mass is 473 g/mol. The van der Waals surface area contributed by atoms with E-state index in [1.807, 2.05) is 18.2 Å². The summed E-state index contributed by atoms with van der Waals surface area (Å²) in [6.07, 6.45) is 4.95. The summed E-state index contributed by atoms with van der Waals surface area (Å²) in [7, 11) is 6.36. The third-order valence-electron chi connectivity index (χ3n) is 7.52. The number of nitrogens with zero attached hydrogens (tertiary/aromatic N) is 3. The molecule has 2 fully saturated rings. The molecule has 0 unspecified atom stereocenters. The second kappa shape index (κ2) is 10.2. The van der Waals surface area contributed by atoms with E-state index in [0.717, 1.165) is 18.8 Å². The molecule has 9 nitrogen and oxygen atoms in total. The molecule has 3 heterocycles. The van der Waals surface area contributed by atoms with Gasteiger partial charge >= 0.3 is 11.9 Å². The lowest BCUT2D eigenvalue weighted by Gasteiger charge is -2.47. The van der Waals surface area contributed by atoms with Crippen LogP contribution in [0.15, 0.2) is 29.5 Å². The van der Waals surface area contributed by atoms with Gasteiger partial charge in [-0.2, -0.15) is 0 Å². The summed E-state index contributed by atoms with van der Waals surface area (Å²) in [6.45, 7) is 4.45. The number of piperidine rings is 2. The molecule has 3 aliphatic rings. The van der Waals surface area contributed by atoms with E-state index in [1.54, 1.807) is 12.0 Å². The molecule has 34 heavy (non-hydrogen) atoms. The van der Waals surface area contributed by atoms with E-state index in [9.17, 15) is 9.59 Å². The van der Waals surface area contributed by atoms with Crippen molar-refractivity contribution < 1.29 is 28.5 Å². The van der Waals surface area contributed by atoms with Crippen LogP contribution in [0.5, 0.6) is 5.75 Å². The van der Waals surface area contributed by atoms with Gasteiger partial charge in [-0.05, 0) is 63.4 Å². The summed E-state index contributed by atoms with van der Waals surface area (Å²) < 4.78 is 21.1. The number of esters is 2. The predicted molar refractivity (Wildman–Crippen MR) is 128 cm³/mol. The van der Waals surface area contributed by atoms with Crippen molar-refractivity contribution in [1.29, 1.82) is 0 Å². The van der Waals surface area contributed by atoms with Crippen LogP contribution in [0.2, 0.25) is 0 Å². The maximum Gasteiger partial charge on any atom is 0.355 e. The van der Waals surface area contributed by atoms with Crippen molar-refractivity contribution in [1.82, 2.24) is 4.90 Å². The van der Waals surface area contributed by atoms with E-state index >= 15 is 0 Å². The smallest absolute Gasteiger partial charge is 0.355 e. The zero-order valence-electron chi connectivity index (χ0n) is 20.6. The Hall–Kier alpha value is -2.78. The standard InChI is InChI=1S/C25H35N3O6/c1-26-11-7-25(8-12-26)9-13-27(14-10-25)18-5-6-20(21(15-18)31-2)28-17-34-16-19(23(29)32-3)22(28)24(30)33-4/h5-6,15H,7-14,16-17H2,1-4H3. The van der Waals surface area contributed by atoms with Crippen LogP contribution in [-0.4, -0.2) is 84.7 Å². The number of likely N-dealkylation sites (tertiary alicyclic amines) is 1. The SMILES string of the molecule is COC(=O)C1=C(C(=O)OC)N(c2ccc(N3CCC4(CCN(C)CC4)CC3)cc2OC)COC1. The van der Waals surface area contributed by atoms with E-state index < -0.39 is 11.9 Å². The van der Waals surface area contributed by atoms with Gasteiger partial charge in [-0.25, -0.2) is 9.59 Å². The third-order valence-corrected chi connectivity index (χ3v) is 7.52. The second-order valence-corrected chi connectivity index (χ2v) is 9.36. The molecule has 1 aromatic rings. The van der Waals surface area contributed by atoms with E-state index in [1.165, 1.54) is 53.0 Å². The lowest BCUT2D eigenvalue weighted by atomic mass is 9.71. The number of methoxy groups -OCH3 is 3. The lowest BCUT2D eigenvalue weighted by molar-refractivity contribution is -0.140. The van der Waals surface area contributed by atoms with Gasteiger partial charge in [0, 0.05) is 24.8 Å². The van der Waals surface area contributed by atoms with Crippen molar-refractivity contribution in [2.24, 2.45) is 5.41 Å². The normalized spacial score (nSPS) is 20.9. The highest BCUT2D eigenvalue weighted by molar-refractivity contribution is 6.03. The third kappa shape index (κ3) is 4.72. The van der Waals surface area contributed by atoms with Crippen LogP contribution in [0.3, 0.4) is 0 Å². The minimum atomic E-state index is -0.630. The summed E-state index contributed by atoms with van der Waals surface area (Å²) >= 11 is 0. The van der Waals surface area contributed by atoms with Crippen molar-refractivity contribution in [3.05, 3.63) is 29.5 Å². The van der Waals surface area contributed by atoms with Crippen LogP contribution in [0.1, 0.15) is 25.7 Å².